The van der Waals surface area contributed by atoms with E-state index in [9.17, 15) is 8.42 Å². The summed E-state index contributed by atoms with van der Waals surface area (Å²) in [7, 11) is -3.21. The number of anilines is 1. The molecular formula is C12H12N6O2S. The summed E-state index contributed by atoms with van der Waals surface area (Å²) >= 11 is 0. The second kappa shape index (κ2) is 6.15. The van der Waals surface area contributed by atoms with Crippen molar-refractivity contribution >= 4 is 21.1 Å². The van der Waals surface area contributed by atoms with Gasteiger partial charge < -0.3 is 5.32 Å². The van der Waals surface area contributed by atoms with Crippen molar-refractivity contribution in [3.8, 4) is 6.07 Å². The molecule has 0 aliphatic rings. The van der Waals surface area contributed by atoms with Crippen molar-refractivity contribution < 1.29 is 8.42 Å². The Morgan fingerprint density at radius 1 is 1.43 bits per heavy atom. The first-order valence-corrected chi connectivity index (χ1v) is 7.65. The maximum atomic E-state index is 11.7. The Bertz CT molecular complexity index is 772. The van der Waals surface area contributed by atoms with Gasteiger partial charge in [-0.25, -0.2) is 8.42 Å². The van der Waals surface area contributed by atoms with Crippen molar-refractivity contribution in [3.05, 3.63) is 36.3 Å². The number of tetrazole rings is 1. The van der Waals surface area contributed by atoms with Crippen LogP contribution in [0.4, 0.5) is 5.69 Å². The Kier molecular flexibility index (Phi) is 4.30. The molecule has 0 amide bonds. The van der Waals surface area contributed by atoms with Gasteiger partial charge in [0.1, 0.15) is 11.6 Å². The van der Waals surface area contributed by atoms with E-state index >= 15 is 0 Å². The van der Waals surface area contributed by atoms with Gasteiger partial charge in [-0.15, -0.1) is 10.2 Å². The van der Waals surface area contributed by atoms with E-state index in [4.69, 9.17) is 5.26 Å². The fourth-order valence-corrected chi connectivity index (χ4v) is 2.39. The minimum atomic E-state index is -3.21. The van der Waals surface area contributed by atoms with Gasteiger partial charge in [-0.3, -0.25) is 0 Å². The SMILES string of the molecule is CCS(=O)(=O)c1ccc(NC=C(C#N)c2nn[nH]n2)cc1. The molecule has 0 saturated heterocycles. The summed E-state index contributed by atoms with van der Waals surface area (Å²) in [6.45, 7) is 1.59. The predicted molar refractivity (Wildman–Crippen MR) is 75.6 cm³/mol. The van der Waals surface area contributed by atoms with Gasteiger partial charge in [0.05, 0.1) is 10.6 Å². The quantitative estimate of drug-likeness (QED) is 0.788. The number of nitriles is 1. The van der Waals surface area contributed by atoms with Gasteiger partial charge >= 0.3 is 0 Å². The molecule has 2 rings (SSSR count). The topological polar surface area (TPSA) is 124 Å². The van der Waals surface area contributed by atoms with E-state index in [0.717, 1.165) is 0 Å². The zero-order valence-electron chi connectivity index (χ0n) is 11.1. The number of sulfone groups is 1. The van der Waals surface area contributed by atoms with Crippen LogP contribution in [0.1, 0.15) is 12.7 Å². The van der Waals surface area contributed by atoms with Crippen LogP contribution in [0.5, 0.6) is 0 Å². The fourth-order valence-electron chi connectivity index (χ4n) is 1.50. The highest BCUT2D eigenvalue weighted by molar-refractivity contribution is 7.91. The van der Waals surface area contributed by atoms with Gasteiger partial charge in [0, 0.05) is 11.9 Å². The molecule has 0 saturated carbocycles. The van der Waals surface area contributed by atoms with Crippen LogP contribution < -0.4 is 5.32 Å². The summed E-state index contributed by atoms with van der Waals surface area (Å²) in [5.74, 6) is 0.228. The number of benzene rings is 1. The lowest BCUT2D eigenvalue weighted by atomic mass is 10.3. The van der Waals surface area contributed by atoms with Gasteiger partial charge in [0.2, 0.25) is 5.82 Å². The molecule has 1 heterocycles. The Labute approximate surface area is 121 Å². The maximum absolute atomic E-state index is 11.7. The van der Waals surface area contributed by atoms with Crippen LogP contribution in [0.2, 0.25) is 0 Å². The van der Waals surface area contributed by atoms with Crippen LogP contribution in [0, 0.1) is 11.3 Å². The van der Waals surface area contributed by atoms with Crippen LogP contribution in [0.25, 0.3) is 5.57 Å². The van der Waals surface area contributed by atoms with Crippen molar-refractivity contribution in [1.82, 2.24) is 20.6 Å². The zero-order chi connectivity index (χ0) is 15.3. The molecule has 1 aromatic carbocycles. The van der Waals surface area contributed by atoms with Gasteiger partial charge in [-0.05, 0) is 29.5 Å². The number of hydrogen-bond donors (Lipinski definition) is 2. The molecule has 0 bridgehead atoms. The molecule has 9 heteroatoms. The first-order valence-electron chi connectivity index (χ1n) is 6.00. The van der Waals surface area contributed by atoms with Crippen LogP contribution in [-0.4, -0.2) is 34.8 Å². The molecule has 0 atom stereocenters. The lowest BCUT2D eigenvalue weighted by Crippen LogP contribution is -2.03. The van der Waals surface area contributed by atoms with E-state index in [1.807, 2.05) is 6.07 Å². The molecule has 0 spiro atoms. The molecule has 0 radical (unpaired) electrons. The summed E-state index contributed by atoms with van der Waals surface area (Å²) in [4.78, 5) is 0.262. The summed E-state index contributed by atoms with van der Waals surface area (Å²) in [6.07, 6.45) is 1.42. The molecule has 0 aliphatic carbocycles. The lowest BCUT2D eigenvalue weighted by molar-refractivity contribution is 0.597. The third-order valence-corrected chi connectivity index (χ3v) is 4.43. The highest BCUT2D eigenvalue weighted by atomic mass is 32.2. The molecule has 1 aromatic heterocycles. The molecule has 2 N–H and O–H groups in total. The molecule has 108 valence electrons. The minimum absolute atomic E-state index is 0.0517. The fraction of sp³-hybridized carbons (Fsp3) is 0.167. The molecule has 8 nitrogen and oxygen atoms in total. The molecule has 0 aliphatic heterocycles. The lowest BCUT2D eigenvalue weighted by Gasteiger charge is -2.04. The number of hydrogen-bond acceptors (Lipinski definition) is 7. The van der Waals surface area contributed by atoms with E-state index < -0.39 is 9.84 Å². The molecule has 0 unspecified atom stereocenters. The Balaban J connectivity index is 2.16. The largest absolute Gasteiger partial charge is 0.360 e. The summed E-state index contributed by atoms with van der Waals surface area (Å²) in [5, 5.41) is 24.9. The highest BCUT2D eigenvalue weighted by Gasteiger charge is 2.10. The Morgan fingerprint density at radius 2 is 2.14 bits per heavy atom. The number of H-pyrrole nitrogens is 1. The maximum Gasteiger partial charge on any atom is 0.216 e. The number of aromatic nitrogens is 4. The first-order chi connectivity index (χ1) is 10.1. The summed E-state index contributed by atoms with van der Waals surface area (Å²) in [6, 6.07) is 8.19. The normalized spacial score (nSPS) is 11.9. The van der Waals surface area contributed by atoms with Crippen molar-refractivity contribution in [2.75, 3.05) is 11.1 Å². The second-order valence-electron chi connectivity index (χ2n) is 3.98. The predicted octanol–water partition coefficient (Wildman–Crippen LogP) is 0.970. The molecular weight excluding hydrogens is 292 g/mol. The van der Waals surface area contributed by atoms with Gasteiger partial charge in [-0.2, -0.15) is 10.5 Å². The number of aromatic amines is 1. The molecule has 21 heavy (non-hydrogen) atoms. The monoisotopic (exact) mass is 304 g/mol. The minimum Gasteiger partial charge on any atom is -0.360 e. The Hall–Kier alpha value is -2.73. The average molecular weight is 304 g/mol. The van der Waals surface area contributed by atoms with Gasteiger partial charge in [0.15, 0.2) is 9.84 Å². The molecule has 2 aromatic rings. The number of rotatable bonds is 5. The van der Waals surface area contributed by atoms with Crippen molar-refractivity contribution in [1.29, 1.82) is 5.26 Å². The first kappa shape index (κ1) is 14.7. The number of allylic oxidation sites excluding steroid dienone is 1. The third kappa shape index (κ3) is 3.43. The molecule has 0 fully saturated rings. The van der Waals surface area contributed by atoms with E-state index in [0.29, 0.717) is 5.69 Å². The van der Waals surface area contributed by atoms with Gasteiger partial charge in [-0.1, -0.05) is 6.92 Å². The van der Waals surface area contributed by atoms with Crippen LogP contribution in [-0.2, 0) is 9.84 Å². The number of nitrogens with one attached hydrogen (secondary N) is 2. The van der Waals surface area contributed by atoms with Crippen molar-refractivity contribution in [3.63, 3.8) is 0 Å². The smallest absolute Gasteiger partial charge is 0.216 e. The highest BCUT2D eigenvalue weighted by Crippen LogP contribution is 2.16. The van der Waals surface area contributed by atoms with Crippen LogP contribution in [0.3, 0.4) is 0 Å². The van der Waals surface area contributed by atoms with Crippen molar-refractivity contribution in [2.24, 2.45) is 0 Å². The third-order valence-electron chi connectivity index (χ3n) is 2.68. The second-order valence-corrected chi connectivity index (χ2v) is 6.26. The van der Waals surface area contributed by atoms with Crippen LogP contribution >= 0.6 is 0 Å². The van der Waals surface area contributed by atoms with Gasteiger partial charge in [0.25, 0.3) is 0 Å². The Morgan fingerprint density at radius 3 is 2.67 bits per heavy atom. The van der Waals surface area contributed by atoms with E-state index in [-0.39, 0.29) is 22.0 Å². The summed E-state index contributed by atoms with van der Waals surface area (Å²) in [5.41, 5.74) is 0.843. The van der Waals surface area contributed by atoms with Crippen molar-refractivity contribution in [2.45, 2.75) is 11.8 Å². The summed E-state index contributed by atoms with van der Waals surface area (Å²) < 4.78 is 23.4. The van der Waals surface area contributed by atoms with Crippen LogP contribution in [0.15, 0.2) is 35.4 Å². The van der Waals surface area contributed by atoms with E-state index in [1.54, 1.807) is 19.1 Å². The van der Waals surface area contributed by atoms with E-state index in [1.165, 1.54) is 18.3 Å². The average Bonchev–Trinajstić information content (AvgIpc) is 3.03. The number of nitrogens with zero attached hydrogens (tertiary/aromatic N) is 4. The van der Waals surface area contributed by atoms with E-state index in [2.05, 4.69) is 25.9 Å². The zero-order valence-corrected chi connectivity index (χ0v) is 11.9. The standard InChI is InChI=1S/C12H12N6O2S/c1-2-21(19,20)11-5-3-10(4-6-11)14-8-9(7-13)12-15-17-18-16-12/h3-6,8,14H,2H2,1H3,(H,15,16,17,18).